The maximum Gasteiger partial charge on any atom is 0.338 e. The number of fused-ring (bicyclic) bond motifs is 1. The molecule has 0 fully saturated rings. The second-order valence-electron chi connectivity index (χ2n) is 9.33. The van der Waals surface area contributed by atoms with E-state index in [0.29, 0.717) is 31.9 Å². The second-order valence-corrected chi connectivity index (χ2v) is 10.7. The number of benzene rings is 3. The fraction of sp³-hybridized carbons (Fsp3) is 0.138. The van der Waals surface area contributed by atoms with E-state index in [9.17, 15) is 29.8 Å². The van der Waals surface area contributed by atoms with E-state index in [2.05, 4.69) is 4.99 Å². The quantitative estimate of drug-likeness (QED) is 0.159. The lowest BCUT2D eigenvalue weighted by Gasteiger charge is -2.24. The second kappa shape index (κ2) is 12.0. The number of rotatable bonds is 8. The van der Waals surface area contributed by atoms with Crippen molar-refractivity contribution in [2.24, 2.45) is 4.99 Å². The molecular formula is C29H21ClN4O8S. The van der Waals surface area contributed by atoms with Crippen LogP contribution in [0.3, 0.4) is 0 Å². The van der Waals surface area contributed by atoms with Crippen molar-refractivity contribution in [1.82, 2.24) is 4.57 Å². The highest BCUT2D eigenvalue weighted by molar-refractivity contribution is 7.07. The van der Waals surface area contributed by atoms with E-state index in [1.54, 1.807) is 49.4 Å². The highest BCUT2D eigenvalue weighted by atomic mass is 35.5. The van der Waals surface area contributed by atoms with E-state index in [4.69, 9.17) is 21.1 Å². The van der Waals surface area contributed by atoms with E-state index in [1.807, 2.05) is 0 Å². The molecule has 5 rings (SSSR count). The summed E-state index contributed by atoms with van der Waals surface area (Å²) >= 11 is 7.13. The number of nitrogens with zero attached hydrogens (tertiary/aromatic N) is 4. The highest BCUT2D eigenvalue weighted by Crippen LogP contribution is 2.34. The molecule has 12 nitrogen and oxygen atoms in total. The van der Waals surface area contributed by atoms with Crippen molar-refractivity contribution in [3.8, 4) is 5.75 Å². The molecule has 1 unspecified atom stereocenters. The molecule has 0 saturated carbocycles. The predicted octanol–water partition coefficient (Wildman–Crippen LogP) is 4.46. The standard InChI is InChI=1S/C29H21ClN4O8S/c1-16-25(28(36)41-2)26(19-8-11-22(30)23(14-19)34(39)40)32-27(35)24(43-29(32)31-16)13-18-4-3-5-21(12-18)42-15-17-6-9-20(10-7-17)33(37)38/h3-14,26H,15H2,1-2H3. The number of halogens is 1. The molecule has 0 N–H and O–H groups in total. The van der Waals surface area contributed by atoms with Crippen molar-refractivity contribution >= 4 is 46.4 Å². The molecule has 2 heterocycles. The molecule has 0 amide bonds. The van der Waals surface area contributed by atoms with Crippen LogP contribution in [0.1, 0.15) is 29.7 Å². The summed E-state index contributed by atoms with van der Waals surface area (Å²) in [6.07, 6.45) is 1.65. The molecule has 1 atom stereocenters. The zero-order valence-electron chi connectivity index (χ0n) is 22.6. The number of hydrogen-bond acceptors (Lipinski definition) is 10. The van der Waals surface area contributed by atoms with Gasteiger partial charge in [0.25, 0.3) is 16.9 Å². The van der Waals surface area contributed by atoms with Gasteiger partial charge in [-0.25, -0.2) is 9.79 Å². The Bertz CT molecular complexity index is 2000. The fourth-order valence-corrected chi connectivity index (χ4v) is 5.81. The Kier molecular flexibility index (Phi) is 8.19. The van der Waals surface area contributed by atoms with Crippen molar-refractivity contribution in [1.29, 1.82) is 0 Å². The van der Waals surface area contributed by atoms with Gasteiger partial charge in [0.05, 0.1) is 38.8 Å². The average Bonchev–Trinajstić information content (AvgIpc) is 3.29. The Morgan fingerprint density at radius 3 is 2.51 bits per heavy atom. The molecule has 1 aliphatic rings. The Labute approximate surface area is 251 Å². The largest absolute Gasteiger partial charge is 0.489 e. The Morgan fingerprint density at radius 1 is 1.09 bits per heavy atom. The molecular weight excluding hydrogens is 600 g/mol. The zero-order valence-corrected chi connectivity index (χ0v) is 24.1. The SMILES string of the molecule is COC(=O)C1=C(C)N=c2sc(=Cc3cccc(OCc4ccc([N+](=O)[O-])cc4)c3)c(=O)n2C1c1ccc(Cl)c([N+](=O)[O-])c1. The molecule has 3 aromatic carbocycles. The van der Waals surface area contributed by atoms with E-state index >= 15 is 0 Å². The van der Waals surface area contributed by atoms with Gasteiger partial charge < -0.3 is 9.47 Å². The Morgan fingerprint density at radius 2 is 1.84 bits per heavy atom. The first-order chi connectivity index (χ1) is 20.6. The van der Waals surface area contributed by atoms with E-state index < -0.39 is 27.4 Å². The minimum atomic E-state index is -1.04. The summed E-state index contributed by atoms with van der Waals surface area (Å²) in [5.74, 6) is -0.217. The number of carbonyl (C=O) groups is 1. The summed E-state index contributed by atoms with van der Waals surface area (Å²) in [5.41, 5.74) is 1.21. The van der Waals surface area contributed by atoms with E-state index in [-0.39, 0.29) is 28.6 Å². The van der Waals surface area contributed by atoms with Crippen molar-refractivity contribution in [2.45, 2.75) is 19.6 Å². The first-order valence-corrected chi connectivity index (χ1v) is 13.8. The van der Waals surface area contributed by atoms with Crippen molar-refractivity contribution in [2.75, 3.05) is 7.11 Å². The van der Waals surface area contributed by atoms with Gasteiger partial charge in [-0.15, -0.1) is 0 Å². The zero-order chi connectivity index (χ0) is 30.8. The number of nitro benzene ring substituents is 2. The summed E-state index contributed by atoms with van der Waals surface area (Å²) < 4.78 is 12.4. The number of methoxy groups -OCH3 is 1. The molecule has 1 aromatic heterocycles. The molecule has 4 aromatic rings. The van der Waals surface area contributed by atoms with E-state index in [1.165, 1.54) is 42.0 Å². The normalized spacial score (nSPS) is 14.6. The number of non-ortho nitro benzene ring substituents is 1. The first kappa shape index (κ1) is 29.4. The number of aromatic nitrogens is 1. The lowest BCUT2D eigenvalue weighted by atomic mass is 9.95. The highest BCUT2D eigenvalue weighted by Gasteiger charge is 2.34. The van der Waals surface area contributed by atoms with Crippen LogP contribution < -0.4 is 19.6 Å². The number of carbonyl (C=O) groups excluding carboxylic acids is 1. The lowest BCUT2D eigenvalue weighted by Crippen LogP contribution is -2.39. The number of allylic oxidation sites excluding steroid dienone is 1. The van der Waals surface area contributed by atoms with Gasteiger partial charge >= 0.3 is 5.97 Å². The van der Waals surface area contributed by atoms with Crippen LogP contribution in [-0.2, 0) is 16.1 Å². The van der Waals surface area contributed by atoms with Gasteiger partial charge in [0.1, 0.15) is 17.4 Å². The Hall–Kier alpha value is -5.14. The van der Waals surface area contributed by atoms with Gasteiger partial charge in [-0.1, -0.05) is 41.1 Å². The van der Waals surface area contributed by atoms with Crippen LogP contribution >= 0.6 is 22.9 Å². The average molecular weight is 621 g/mol. The summed E-state index contributed by atoms with van der Waals surface area (Å²) in [5, 5.41) is 22.4. The number of esters is 1. The van der Waals surface area contributed by atoms with Gasteiger partial charge in [-0.05, 0) is 60.0 Å². The topological polar surface area (TPSA) is 156 Å². The third-order valence-corrected chi connectivity index (χ3v) is 7.92. The predicted molar refractivity (Wildman–Crippen MR) is 158 cm³/mol. The van der Waals surface area contributed by atoms with Crippen LogP contribution in [0, 0.1) is 20.2 Å². The minimum Gasteiger partial charge on any atom is -0.489 e. The van der Waals surface area contributed by atoms with Gasteiger partial charge in [-0.2, -0.15) is 0 Å². The van der Waals surface area contributed by atoms with Crippen LogP contribution in [-0.4, -0.2) is 27.5 Å². The van der Waals surface area contributed by atoms with Gasteiger partial charge in [0, 0.05) is 18.2 Å². The number of nitro groups is 2. The molecule has 0 spiro atoms. The molecule has 0 bridgehead atoms. The lowest BCUT2D eigenvalue weighted by molar-refractivity contribution is -0.385. The van der Waals surface area contributed by atoms with Crippen molar-refractivity contribution < 1.29 is 24.1 Å². The summed E-state index contributed by atoms with van der Waals surface area (Å²) in [7, 11) is 1.20. The number of hydrogen-bond donors (Lipinski definition) is 0. The van der Waals surface area contributed by atoms with Crippen molar-refractivity contribution in [3.05, 3.63) is 140 Å². The number of thiazole rings is 1. The van der Waals surface area contributed by atoms with Crippen molar-refractivity contribution in [3.63, 3.8) is 0 Å². The first-order valence-electron chi connectivity index (χ1n) is 12.6. The summed E-state index contributed by atoms with van der Waals surface area (Å²) in [4.78, 5) is 52.8. The molecule has 218 valence electrons. The molecule has 0 aliphatic carbocycles. The summed E-state index contributed by atoms with van der Waals surface area (Å²) in [6.45, 7) is 1.78. The molecule has 0 saturated heterocycles. The van der Waals surface area contributed by atoms with Gasteiger partial charge in [0.15, 0.2) is 4.80 Å². The molecule has 14 heteroatoms. The van der Waals surface area contributed by atoms with Crippen LogP contribution in [0.15, 0.2) is 87.8 Å². The monoisotopic (exact) mass is 620 g/mol. The van der Waals surface area contributed by atoms with E-state index in [0.717, 1.165) is 16.9 Å². The minimum absolute atomic E-state index is 0.0161. The molecule has 0 radical (unpaired) electrons. The smallest absolute Gasteiger partial charge is 0.338 e. The van der Waals surface area contributed by atoms with Crippen LogP contribution in [0.2, 0.25) is 5.02 Å². The third kappa shape index (κ3) is 5.94. The van der Waals surface area contributed by atoms with Gasteiger partial charge in [0.2, 0.25) is 0 Å². The summed E-state index contributed by atoms with van der Waals surface area (Å²) in [6, 6.07) is 16.1. The maximum absolute atomic E-state index is 13.8. The van der Waals surface area contributed by atoms with Crippen LogP contribution in [0.25, 0.3) is 6.08 Å². The van der Waals surface area contributed by atoms with Gasteiger partial charge in [-0.3, -0.25) is 29.6 Å². The third-order valence-electron chi connectivity index (χ3n) is 6.62. The van der Waals surface area contributed by atoms with Crippen LogP contribution in [0.5, 0.6) is 5.75 Å². The number of ether oxygens (including phenoxy) is 2. The Balaban J connectivity index is 1.53. The molecule has 43 heavy (non-hydrogen) atoms. The van der Waals surface area contributed by atoms with Crippen LogP contribution in [0.4, 0.5) is 11.4 Å². The fourth-order valence-electron chi connectivity index (χ4n) is 4.57. The molecule has 1 aliphatic heterocycles. The maximum atomic E-state index is 13.8.